The Morgan fingerprint density at radius 2 is 2.04 bits per heavy atom. The van der Waals surface area contributed by atoms with Gasteiger partial charge < -0.3 is 9.80 Å². The fourth-order valence-corrected chi connectivity index (χ4v) is 4.49. The molecular formula is C20H27N5OS. The second kappa shape index (κ2) is 8.35. The maximum atomic E-state index is 12.7. The fraction of sp³-hybridized carbons (Fsp3) is 0.550. The first-order valence-corrected chi connectivity index (χ1v) is 10.7. The van der Waals surface area contributed by atoms with Gasteiger partial charge in [0.2, 0.25) is 0 Å². The second-order valence-corrected chi connectivity index (χ2v) is 8.37. The van der Waals surface area contributed by atoms with Gasteiger partial charge >= 0.3 is 0 Å². The van der Waals surface area contributed by atoms with Crippen LogP contribution in [0.5, 0.6) is 0 Å². The van der Waals surface area contributed by atoms with Crippen LogP contribution in [0.2, 0.25) is 0 Å². The van der Waals surface area contributed by atoms with Gasteiger partial charge in [-0.05, 0) is 30.9 Å². The number of rotatable bonds is 4. The fourth-order valence-electron chi connectivity index (χ4n) is 3.94. The van der Waals surface area contributed by atoms with Crippen LogP contribution in [0, 0.1) is 5.92 Å². The van der Waals surface area contributed by atoms with Crippen LogP contribution in [0.3, 0.4) is 0 Å². The number of nitrogens with zero attached hydrogens (tertiary/aromatic N) is 5. The number of amides is 1. The van der Waals surface area contributed by atoms with Gasteiger partial charge in [-0.3, -0.25) is 9.69 Å². The van der Waals surface area contributed by atoms with Gasteiger partial charge in [-0.1, -0.05) is 6.92 Å². The zero-order chi connectivity index (χ0) is 18.6. The van der Waals surface area contributed by atoms with E-state index in [0.717, 1.165) is 63.7 Å². The number of aromatic nitrogens is 2. The number of likely N-dealkylation sites (tertiary alicyclic amines) is 1. The standard InChI is InChI=1S/C20H27N5OS/c1-16-3-2-6-25(12-16)20(26)17-4-5-19(21-11-17)24-9-7-23(8-10-24)13-18-14-27-15-22-18/h4-5,11,14-16H,2-3,6-10,12-13H2,1H3/t16-/m1/s1. The molecule has 0 aliphatic carbocycles. The minimum Gasteiger partial charge on any atom is -0.354 e. The van der Waals surface area contributed by atoms with E-state index in [4.69, 9.17) is 0 Å². The molecule has 2 fully saturated rings. The van der Waals surface area contributed by atoms with Gasteiger partial charge in [-0.15, -0.1) is 11.3 Å². The number of carbonyl (C=O) groups excluding carboxylic acids is 1. The number of piperazine rings is 1. The number of hydrogen-bond donors (Lipinski definition) is 0. The van der Waals surface area contributed by atoms with E-state index >= 15 is 0 Å². The van der Waals surface area contributed by atoms with Gasteiger partial charge in [-0.2, -0.15) is 0 Å². The lowest BCUT2D eigenvalue weighted by Crippen LogP contribution is -2.46. The molecule has 2 saturated heterocycles. The van der Waals surface area contributed by atoms with Crippen LogP contribution in [0.15, 0.2) is 29.2 Å². The minimum absolute atomic E-state index is 0.119. The van der Waals surface area contributed by atoms with Gasteiger partial charge in [0.1, 0.15) is 5.82 Å². The quantitative estimate of drug-likeness (QED) is 0.810. The summed E-state index contributed by atoms with van der Waals surface area (Å²) in [5.74, 6) is 1.68. The molecule has 7 heteroatoms. The number of hydrogen-bond acceptors (Lipinski definition) is 6. The molecule has 6 nitrogen and oxygen atoms in total. The molecule has 0 spiro atoms. The SMILES string of the molecule is C[C@@H]1CCCN(C(=O)c2ccc(N3CCN(Cc4cscn4)CC3)nc2)C1. The molecule has 27 heavy (non-hydrogen) atoms. The Bertz CT molecular complexity index is 740. The first-order chi connectivity index (χ1) is 13.2. The van der Waals surface area contributed by atoms with Crippen LogP contribution in [0.25, 0.3) is 0 Å². The van der Waals surface area contributed by atoms with Crippen molar-refractivity contribution in [2.75, 3.05) is 44.2 Å². The van der Waals surface area contributed by atoms with Crippen LogP contribution in [-0.2, 0) is 6.54 Å². The Balaban J connectivity index is 1.32. The number of anilines is 1. The Hall–Kier alpha value is -1.99. The van der Waals surface area contributed by atoms with E-state index in [2.05, 4.69) is 32.1 Å². The monoisotopic (exact) mass is 385 g/mol. The molecule has 144 valence electrons. The van der Waals surface area contributed by atoms with Gasteiger partial charge in [0, 0.05) is 57.4 Å². The largest absolute Gasteiger partial charge is 0.354 e. The number of pyridine rings is 1. The van der Waals surface area contributed by atoms with Crippen molar-refractivity contribution in [3.05, 3.63) is 40.5 Å². The molecule has 4 rings (SSSR count). The molecule has 0 bridgehead atoms. The lowest BCUT2D eigenvalue weighted by molar-refractivity contribution is 0.0682. The van der Waals surface area contributed by atoms with Crippen molar-refractivity contribution in [3.8, 4) is 0 Å². The molecule has 0 saturated carbocycles. The van der Waals surface area contributed by atoms with Crippen molar-refractivity contribution >= 4 is 23.1 Å². The van der Waals surface area contributed by atoms with Crippen LogP contribution in [-0.4, -0.2) is 64.9 Å². The molecule has 1 atom stereocenters. The van der Waals surface area contributed by atoms with E-state index < -0.39 is 0 Å². The Kier molecular flexibility index (Phi) is 5.69. The second-order valence-electron chi connectivity index (χ2n) is 7.65. The van der Waals surface area contributed by atoms with Gasteiger partial charge in [-0.25, -0.2) is 9.97 Å². The summed E-state index contributed by atoms with van der Waals surface area (Å²) in [5.41, 5.74) is 3.75. The molecular weight excluding hydrogens is 358 g/mol. The molecule has 0 N–H and O–H groups in total. The van der Waals surface area contributed by atoms with Crippen molar-refractivity contribution in [1.29, 1.82) is 0 Å². The van der Waals surface area contributed by atoms with E-state index in [-0.39, 0.29) is 5.91 Å². The van der Waals surface area contributed by atoms with Crippen molar-refractivity contribution in [3.63, 3.8) is 0 Å². The molecule has 2 aromatic rings. The number of piperidine rings is 1. The third-order valence-corrected chi connectivity index (χ3v) is 6.14. The van der Waals surface area contributed by atoms with Crippen molar-refractivity contribution in [2.45, 2.75) is 26.3 Å². The predicted octanol–water partition coefficient (Wildman–Crippen LogP) is 2.73. The van der Waals surface area contributed by atoms with E-state index in [1.165, 1.54) is 6.42 Å². The normalized spacial score (nSPS) is 21.4. The summed E-state index contributed by atoms with van der Waals surface area (Å²) in [7, 11) is 0. The summed E-state index contributed by atoms with van der Waals surface area (Å²) in [6, 6.07) is 3.93. The smallest absolute Gasteiger partial charge is 0.255 e. The third-order valence-electron chi connectivity index (χ3n) is 5.50. The van der Waals surface area contributed by atoms with Gasteiger partial charge in [0.25, 0.3) is 5.91 Å². The van der Waals surface area contributed by atoms with Gasteiger partial charge in [0.05, 0.1) is 16.8 Å². The highest BCUT2D eigenvalue weighted by Crippen LogP contribution is 2.20. The summed E-state index contributed by atoms with van der Waals surface area (Å²) >= 11 is 1.65. The first kappa shape index (κ1) is 18.4. The van der Waals surface area contributed by atoms with E-state index in [1.54, 1.807) is 17.5 Å². The highest BCUT2D eigenvalue weighted by Gasteiger charge is 2.23. The van der Waals surface area contributed by atoms with Crippen LogP contribution in [0.1, 0.15) is 35.8 Å². The maximum Gasteiger partial charge on any atom is 0.255 e. The average molecular weight is 386 g/mol. The third kappa shape index (κ3) is 4.47. The number of thiazole rings is 1. The van der Waals surface area contributed by atoms with Gasteiger partial charge in [0.15, 0.2) is 0 Å². The molecule has 2 aliphatic heterocycles. The topological polar surface area (TPSA) is 52.6 Å². The predicted molar refractivity (Wildman–Crippen MR) is 108 cm³/mol. The van der Waals surface area contributed by atoms with Crippen molar-refractivity contribution in [1.82, 2.24) is 19.8 Å². The molecule has 0 radical (unpaired) electrons. The zero-order valence-electron chi connectivity index (χ0n) is 15.9. The van der Waals surface area contributed by atoms with E-state index in [1.807, 2.05) is 22.5 Å². The first-order valence-electron chi connectivity index (χ1n) is 9.79. The molecule has 2 aromatic heterocycles. The van der Waals surface area contributed by atoms with Crippen LogP contribution < -0.4 is 4.90 Å². The lowest BCUT2D eigenvalue weighted by Gasteiger charge is -2.35. The summed E-state index contributed by atoms with van der Waals surface area (Å²) in [6.07, 6.45) is 4.07. The summed E-state index contributed by atoms with van der Waals surface area (Å²) < 4.78 is 0. The molecule has 0 unspecified atom stereocenters. The number of carbonyl (C=O) groups is 1. The molecule has 2 aliphatic rings. The Labute approximate surface area is 164 Å². The Morgan fingerprint density at radius 1 is 1.19 bits per heavy atom. The zero-order valence-corrected chi connectivity index (χ0v) is 16.7. The summed E-state index contributed by atoms with van der Waals surface area (Å²) in [4.78, 5) is 28.4. The van der Waals surface area contributed by atoms with Crippen LogP contribution >= 0.6 is 11.3 Å². The molecule has 0 aromatic carbocycles. The molecule has 1 amide bonds. The van der Waals surface area contributed by atoms with Crippen LogP contribution in [0.4, 0.5) is 5.82 Å². The average Bonchev–Trinajstić information content (AvgIpc) is 3.21. The Morgan fingerprint density at radius 3 is 2.70 bits per heavy atom. The lowest BCUT2D eigenvalue weighted by atomic mass is 10.00. The van der Waals surface area contributed by atoms with E-state index in [9.17, 15) is 4.79 Å². The minimum atomic E-state index is 0.119. The summed E-state index contributed by atoms with van der Waals surface area (Å²) in [5, 5.41) is 2.12. The highest BCUT2D eigenvalue weighted by atomic mass is 32.1. The summed E-state index contributed by atoms with van der Waals surface area (Å²) in [6.45, 7) is 8.79. The molecule has 4 heterocycles. The maximum absolute atomic E-state index is 12.7. The van der Waals surface area contributed by atoms with Crippen molar-refractivity contribution in [2.24, 2.45) is 5.92 Å². The van der Waals surface area contributed by atoms with Crippen molar-refractivity contribution < 1.29 is 4.79 Å². The highest BCUT2D eigenvalue weighted by molar-refractivity contribution is 7.07. The van der Waals surface area contributed by atoms with E-state index in [0.29, 0.717) is 11.5 Å².